The Bertz CT molecular complexity index is 1650. The first-order valence-corrected chi connectivity index (χ1v) is 14.6. The average Bonchev–Trinajstić information content (AvgIpc) is 3.37. The molecule has 1 saturated heterocycles. The van der Waals surface area contributed by atoms with Gasteiger partial charge in [0.25, 0.3) is 0 Å². The van der Waals surface area contributed by atoms with Crippen molar-refractivity contribution in [2.45, 2.75) is 29.7 Å². The molecule has 2 unspecified atom stereocenters. The lowest BCUT2D eigenvalue weighted by molar-refractivity contribution is -0.122. The van der Waals surface area contributed by atoms with Gasteiger partial charge in [0.2, 0.25) is 17.7 Å². The van der Waals surface area contributed by atoms with Crippen LogP contribution in [0.2, 0.25) is 0 Å². The number of anilines is 2. The average molecular weight is 622 g/mol. The highest BCUT2D eigenvalue weighted by Gasteiger charge is 2.56. The molecule has 8 nitrogen and oxygen atoms in total. The lowest BCUT2D eigenvalue weighted by atomic mass is 9.84. The van der Waals surface area contributed by atoms with Gasteiger partial charge in [0.15, 0.2) is 0 Å². The molecule has 0 saturated carbocycles. The Hall–Kier alpha value is -3.54. The normalized spacial score (nSPS) is 20.1. The molecule has 0 aliphatic carbocycles. The van der Waals surface area contributed by atoms with Gasteiger partial charge < -0.3 is 5.32 Å². The molecule has 0 bridgehead atoms. The number of rotatable bonds is 5. The Labute approximate surface area is 240 Å². The van der Waals surface area contributed by atoms with E-state index < -0.39 is 17.1 Å². The zero-order valence-corrected chi connectivity index (χ0v) is 23.8. The number of nitrogens with zero attached hydrogens (tertiary/aromatic N) is 3. The van der Waals surface area contributed by atoms with Crippen molar-refractivity contribution in [1.82, 2.24) is 9.55 Å². The van der Waals surface area contributed by atoms with Gasteiger partial charge in [-0.25, -0.2) is 4.90 Å². The molecular weight excluding hydrogens is 600 g/mol. The highest BCUT2D eigenvalue weighted by Crippen LogP contribution is 2.53. The second-order valence-corrected chi connectivity index (χ2v) is 12.4. The van der Waals surface area contributed by atoms with Crippen molar-refractivity contribution in [3.63, 3.8) is 0 Å². The van der Waals surface area contributed by atoms with Gasteiger partial charge in [0, 0.05) is 33.3 Å². The predicted octanol–water partition coefficient (Wildman–Crippen LogP) is 4.81. The van der Waals surface area contributed by atoms with Crippen LogP contribution in [0.1, 0.15) is 21.9 Å². The lowest BCUT2D eigenvalue weighted by Gasteiger charge is -2.30. The van der Waals surface area contributed by atoms with Crippen molar-refractivity contribution >= 4 is 68.1 Å². The molecule has 4 heterocycles. The molecule has 4 aromatic rings. The molecule has 2 aliphatic heterocycles. The van der Waals surface area contributed by atoms with Gasteiger partial charge >= 0.3 is 4.87 Å². The van der Waals surface area contributed by atoms with E-state index in [1.807, 2.05) is 25.1 Å². The smallest absolute Gasteiger partial charge is 0.308 e. The number of aromatic nitrogens is 2. The molecule has 11 heteroatoms. The Kier molecular flexibility index (Phi) is 6.74. The minimum atomic E-state index is -0.751. The van der Waals surface area contributed by atoms with Crippen molar-refractivity contribution < 1.29 is 14.4 Å². The van der Waals surface area contributed by atoms with Crippen LogP contribution < -0.4 is 15.1 Å². The Morgan fingerprint density at radius 2 is 1.77 bits per heavy atom. The molecule has 1 fully saturated rings. The number of fused-ring (bicyclic) bond motifs is 2. The second kappa shape index (κ2) is 10.2. The van der Waals surface area contributed by atoms with Crippen LogP contribution in [-0.4, -0.2) is 32.5 Å². The summed E-state index contributed by atoms with van der Waals surface area (Å²) in [5.74, 6) is -2.27. The van der Waals surface area contributed by atoms with Gasteiger partial charge in [-0.2, -0.15) is 0 Å². The van der Waals surface area contributed by atoms with Crippen molar-refractivity contribution in [1.29, 1.82) is 0 Å². The zero-order valence-electron chi connectivity index (χ0n) is 20.5. The van der Waals surface area contributed by atoms with Crippen LogP contribution >= 0.6 is 39.0 Å². The third kappa shape index (κ3) is 4.64. The Balaban J connectivity index is 1.39. The Morgan fingerprint density at radius 1 is 1.03 bits per heavy atom. The number of hydrogen-bond acceptors (Lipinski definition) is 7. The largest absolute Gasteiger partial charge is 0.325 e. The molecule has 6 rings (SSSR count). The minimum Gasteiger partial charge on any atom is -0.325 e. The SMILES string of the molecule is Cc1ccc(NC(=O)Cn2c3c(sc2=O)[C@@H](c2cccnc2)C2C(=O)N(c4ccc(Br)cc4)C(=O)C2S3)cc1. The van der Waals surface area contributed by atoms with Crippen molar-refractivity contribution in [2.24, 2.45) is 5.92 Å². The van der Waals surface area contributed by atoms with E-state index in [2.05, 4.69) is 26.2 Å². The van der Waals surface area contributed by atoms with Crippen LogP contribution in [0.4, 0.5) is 11.4 Å². The molecule has 0 radical (unpaired) electrons. The van der Waals surface area contributed by atoms with Gasteiger partial charge in [0.1, 0.15) is 11.8 Å². The molecule has 3 amide bonds. The number of amides is 3. The quantitative estimate of drug-likeness (QED) is 0.321. The zero-order chi connectivity index (χ0) is 27.3. The van der Waals surface area contributed by atoms with E-state index in [1.165, 1.54) is 21.2 Å². The lowest BCUT2D eigenvalue weighted by Crippen LogP contribution is -2.33. The number of carbonyl (C=O) groups is 3. The van der Waals surface area contributed by atoms with Crippen LogP contribution in [0.3, 0.4) is 0 Å². The van der Waals surface area contributed by atoms with E-state index >= 15 is 0 Å². The molecule has 196 valence electrons. The maximum atomic E-state index is 13.8. The predicted molar refractivity (Wildman–Crippen MR) is 154 cm³/mol. The third-order valence-corrected chi connectivity index (χ3v) is 9.95. The number of aryl methyl sites for hydroxylation is 1. The van der Waals surface area contributed by atoms with Gasteiger partial charge in [-0.1, -0.05) is 62.8 Å². The highest BCUT2D eigenvalue weighted by atomic mass is 79.9. The van der Waals surface area contributed by atoms with Crippen molar-refractivity contribution in [2.75, 3.05) is 10.2 Å². The maximum Gasteiger partial charge on any atom is 0.308 e. The number of hydrogen-bond donors (Lipinski definition) is 1. The maximum absolute atomic E-state index is 13.8. The summed E-state index contributed by atoms with van der Waals surface area (Å²) >= 11 is 5.60. The third-order valence-electron chi connectivity index (χ3n) is 6.81. The number of thioether (sulfide) groups is 1. The first-order chi connectivity index (χ1) is 18.8. The summed E-state index contributed by atoms with van der Waals surface area (Å²) in [6, 6.07) is 18.0. The van der Waals surface area contributed by atoms with Gasteiger partial charge in [0.05, 0.1) is 16.6 Å². The summed E-state index contributed by atoms with van der Waals surface area (Å²) in [7, 11) is 0. The number of thiazole rings is 1. The molecule has 2 aromatic heterocycles. The van der Waals surface area contributed by atoms with Crippen molar-refractivity contribution in [3.05, 3.63) is 103 Å². The van der Waals surface area contributed by atoms with Gasteiger partial charge in [-0.15, -0.1) is 0 Å². The molecule has 0 spiro atoms. The van der Waals surface area contributed by atoms with E-state index in [1.54, 1.807) is 54.9 Å². The molecular formula is C28H21BrN4O4S2. The van der Waals surface area contributed by atoms with Crippen LogP contribution in [0, 0.1) is 12.8 Å². The number of benzene rings is 2. The monoisotopic (exact) mass is 620 g/mol. The topological polar surface area (TPSA) is 101 Å². The first-order valence-electron chi connectivity index (χ1n) is 12.1. The van der Waals surface area contributed by atoms with E-state index in [-0.39, 0.29) is 29.1 Å². The standard InChI is InChI=1S/C28H21BrN4O4S2/c1-15-4-8-18(9-5-15)31-20(34)14-32-27-24(39-28(32)37)21(16-3-2-12-30-13-16)22-23(38-27)26(36)33(25(22)35)19-10-6-17(29)7-11-19/h2-13,21-23H,14H2,1H3,(H,31,34)/t21-,22?,23?/m0/s1. The number of halogens is 1. The van der Waals surface area contributed by atoms with E-state index in [9.17, 15) is 19.2 Å². The number of nitrogens with one attached hydrogen (secondary N) is 1. The Morgan fingerprint density at radius 3 is 2.46 bits per heavy atom. The molecule has 2 aromatic carbocycles. The van der Waals surface area contributed by atoms with Gasteiger partial charge in [-0.05, 0) is 55.0 Å². The molecule has 3 atom stereocenters. The fourth-order valence-electron chi connectivity index (χ4n) is 5.00. The number of carbonyl (C=O) groups excluding carboxylic acids is 3. The van der Waals surface area contributed by atoms with E-state index in [0.29, 0.717) is 21.3 Å². The first kappa shape index (κ1) is 25.7. The molecule has 1 N–H and O–H groups in total. The summed E-state index contributed by atoms with van der Waals surface area (Å²) in [4.78, 5) is 59.5. The fraction of sp³-hybridized carbons (Fsp3) is 0.179. The summed E-state index contributed by atoms with van der Waals surface area (Å²) in [6.45, 7) is 1.75. The van der Waals surface area contributed by atoms with Crippen LogP contribution in [-0.2, 0) is 20.9 Å². The fourth-order valence-corrected chi connectivity index (χ4v) is 8.04. The van der Waals surface area contributed by atoms with E-state index in [0.717, 1.165) is 26.9 Å². The molecule has 2 aliphatic rings. The minimum absolute atomic E-state index is 0.207. The number of imide groups is 1. The highest BCUT2D eigenvalue weighted by molar-refractivity contribution is 9.10. The second-order valence-electron chi connectivity index (χ2n) is 9.35. The summed E-state index contributed by atoms with van der Waals surface area (Å²) < 4.78 is 2.24. The summed E-state index contributed by atoms with van der Waals surface area (Å²) in [6.07, 6.45) is 3.30. The summed E-state index contributed by atoms with van der Waals surface area (Å²) in [5.41, 5.74) is 2.93. The molecule has 39 heavy (non-hydrogen) atoms. The van der Waals surface area contributed by atoms with Crippen LogP contribution in [0.5, 0.6) is 0 Å². The van der Waals surface area contributed by atoms with Crippen LogP contribution in [0.15, 0.2) is 87.4 Å². The number of pyridine rings is 1. The van der Waals surface area contributed by atoms with Crippen LogP contribution in [0.25, 0.3) is 0 Å². The van der Waals surface area contributed by atoms with Gasteiger partial charge in [-0.3, -0.25) is 28.7 Å². The van der Waals surface area contributed by atoms with Crippen molar-refractivity contribution in [3.8, 4) is 0 Å². The summed E-state index contributed by atoms with van der Waals surface area (Å²) in [5, 5.41) is 2.62. The van der Waals surface area contributed by atoms with E-state index in [4.69, 9.17) is 0 Å².